The molecule has 20 heavy (non-hydrogen) atoms. The van der Waals surface area contributed by atoms with Crippen molar-refractivity contribution in [3.05, 3.63) is 30.1 Å². The van der Waals surface area contributed by atoms with E-state index in [0.29, 0.717) is 0 Å². The maximum Gasteiger partial charge on any atom is 0.237 e. The Labute approximate surface area is 124 Å². The van der Waals surface area contributed by atoms with E-state index in [9.17, 15) is 4.79 Å². The van der Waals surface area contributed by atoms with Crippen molar-refractivity contribution in [2.75, 3.05) is 0 Å². The van der Waals surface area contributed by atoms with Crippen molar-refractivity contribution < 1.29 is 4.79 Å². The van der Waals surface area contributed by atoms with Gasteiger partial charge in [-0.25, -0.2) is 4.98 Å². The van der Waals surface area contributed by atoms with Gasteiger partial charge in [-0.1, -0.05) is 26.0 Å². The Morgan fingerprint density at radius 3 is 2.55 bits per heavy atom. The van der Waals surface area contributed by atoms with Crippen molar-refractivity contribution in [3.63, 3.8) is 0 Å². The van der Waals surface area contributed by atoms with Gasteiger partial charge in [-0.3, -0.25) is 4.79 Å². The maximum atomic E-state index is 11.9. The van der Waals surface area contributed by atoms with E-state index >= 15 is 0 Å². The SMILES string of the molecule is CC(NC(=O)[C@@H](N)C(C)C)c1nc2ccccc2[nH]1.Cl. The van der Waals surface area contributed by atoms with Gasteiger partial charge in [0, 0.05) is 0 Å². The standard InChI is InChI=1S/C14H20N4O.ClH/c1-8(2)12(15)14(19)16-9(3)13-17-10-6-4-5-7-11(10)18-13;/h4-9,12H,15H2,1-3H3,(H,16,19)(H,17,18);1H/t9?,12-;/m0./s1. The van der Waals surface area contributed by atoms with Crippen LogP contribution in [0.3, 0.4) is 0 Å². The monoisotopic (exact) mass is 296 g/mol. The van der Waals surface area contributed by atoms with Crippen LogP contribution in [0.1, 0.15) is 32.6 Å². The summed E-state index contributed by atoms with van der Waals surface area (Å²) >= 11 is 0. The molecule has 0 bridgehead atoms. The molecule has 6 heteroatoms. The van der Waals surface area contributed by atoms with Gasteiger partial charge < -0.3 is 16.0 Å². The highest BCUT2D eigenvalue weighted by atomic mass is 35.5. The highest BCUT2D eigenvalue weighted by molar-refractivity contribution is 5.85. The minimum absolute atomic E-state index is 0. The number of hydrogen-bond acceptors (Lipinski definition) is 3. The van der Waals surface area contributed by atoms with Crippen LogP contribution in [0.25, 0.3) is 11.0 Å². The molecule has 0 saturated carbocycles. The van der Waals surface area contributed by atoms with Crippen LogP contribution in [-0.2, 0) is 4.79 Å². The lowest BCUT2D eigenvalue weighted by Crippen LogP contribution is -2.44. The summed E-state index contributed by atoms with van der Waals surface area (Å²) in [6.07, 6.45) is 0. The van der Waals surface area contributed by atoms with Crippen LogP contribution >= 0.6 is 12.4 Å². The quantitative estimate of drug-likeness (QED) is 0.808. The first-order valence-electron chi connectivity index (χ1n) is 6.49. The Kier molecular flexibility index (Phi) is 5.53. The molecule has 2 atom stereocenters. The van der Waals surface area contributed by atoms with Crippen LogP contribution in [0, 0.1) is 5.92 Å². The Morgan fingerprint density at radius 1 is 1.30 bits per heavy atom. The van der Waals surface area contributed by atoms with Crippen LogP contribution in [0.4, 0.5) is 0 Å². The normalized spacial score (nSPS) is 13.8. The van der Waals surface area contributed by atoms with Crippen LogP contribution in [0.5, 0.6) is 0 Å². The largest absolute Gasteiger partial charge is 0.345 e. The van der Waals surface area contributed by atoms with Crippen LogP contribution < -0.4 is 11.1 Å². The zero-order valence-corrected chi connectivity index (χ0v) is 12.7. The molecule has 0 saturated heterocycles. The number of nitrogens with zero attached hydrogens (tertiary/aromatic N) is 1. The van der Waals surface area contributed by atoms with Crippen LogP contribution in [0.15, 0.2) is 24.3 Å². The second-order valence-electron chi connectivity index (χ2n) is 5.14. The van der Waals surface area contributed by atoms with E-state index in [-0.39, 0.29) is 30.3 Å². The predicted molar refractivity (Wildman–Crippen MR) is 82.7 cm³/mol. The van der Waals surface area contributed by atoms with Gasteiger partial charge >= 0.3 is 0 Å². The molecule has 5 nitrogen and oxygen atoms in total. The zero-order valence-electron chi connectivity index (χ0n) is 11.9. The number of nitrogens with two attached hydrogens (primary N) is 1. The van der Waals surface area contributed by atoms with Crippen LogP contribution in [0.2, 0.25) is 0 Å². The first-order valence-corrected chi connectivity index (χ1v) is 6.49. The first-order chi connectivity index (χ1) is 8.99. The molecule has 0 spiro atoms. The lowest BCUT2D eigenvalue weighted by molar-refractivity contribution is -0.123. The molecule has 4 N–H and O–H groups in total. The lowest BCUT2D eigenvalue weighted by Gasteiger charge is -2.18. The summed E-state index contributed by atoms with van der Waals surface area (Å²) in [5.74, 6) is 0.705. The van der Waals surface area contributed by atoms with E-state index in [2.05, 4.69) is 15.3 Å². The molecule has 0 aliphatic carbocycles. The number of H-pyrrole nitrogens is 1. The molecule has 1 unspecified atom stereocenters. The van der Waals surface area contributed by atoms with E-state index in [1.807, 2.05) is 45.0 Å². The molecule has 0 fully saturated rings. The smallest absolute Gasteiger partial charge is 0.237 e. The van der Waals surface area contributed by atoms with Gasteiger partial charge in [0.25, 0.3) is 0 Å². The average molecular weight is 297 g/mol. The number of carbonyl (C=O) groups is 1. The third kappa shape index (κ3) is 3.49. The van der Waals surface area contributed by atoms with Gasteiger partial charge in [-0.15, -0.1) is 12.4 Å². The number of para-hydroxylation sites is 2. The fourth-order valence-electron chi connectivity index (χ4n) is 1.86. The highest BCUT2D eigenvalue weighted by Crippen LogP contribution is 2.15. The summed E-state index contributed by atoms with van der Waals surface area (Å²) < 4.78 is 0. The van der Waals surface area contributed by atoms with E-state index in [1.54, 1.807) is 0 Å². The predicted octanol–water partition coefficient (Wildman–Crippen LogP) is 2.15. The molecule has 1 amide bonds. The number of halogens is 1. The molecule has 0 aliphatic rings. The number of nitrogens with one attached hydrogen (secondary N) is 2. The Hall–Kier alpha value is -1.59. The van der Waals surface area contributed by atoms with E-state index < -0.39 is 6.04 Å². The fraction of sp³-hybridized carbons (Fsp3) is 0.429. The Morgan fingerprint density at radius 2 is 1.95 bits per heavy atom. The number of hydrogen-bond donors (Lipinski definition) is 3. The number of fused-ring (bicyclic) bond motifs is 1. The summed E-state index contributed by atoms with van der Waals surface area (Å²) in [5, 5.41) is 2.88. The van der Waals surface area contributed by atoms with Crippen molar-refractivity contribution in [1.29, 1.82) is 0 Å². The number of carbonyl (C=O) groups excluding carboxylic acids is 1. The maximum absolute atomic E-state index is 11.9. The van der Waals surface area contributed by atoms with Gasteiger partial charge in [0.1, 0.15) is 5.82 Å². The second kappa shape index (κ2) is 6.72. The first kappa shape index (κ1) is 16.5. The van der Waals surface area contributed by atoms with E-state index in [0.717, 1.165) is 16.9 Å². The summed E-state index contributed by atoms with van der Waals surface area (Å²) in [6.45, 7) is 5.74. The molecule has 1 aromatic heterocycles. The molecule has 1 aromatic carbocycles. The molecule has 2 aromatic rings. The third-order valence-corrected chi connectivity index (χ3v) is 3.20. The second-order valence-corrected chi connectivity index (χ2v) is 5.14. The Bertz CT molecular complexity index is 548. The summed E-state index contributed by atoms with van der Waals surface area (Å²) in [7, 11) is 0. The van der Waals surface area contributed by atoms with Gasteiger partial charge in [0.15, 0.2) is 0 Å². The van der Waals surface area contributed by atoms with Crippen molar-refractivity contribution in [2.45, 2.75) is 32.9 Å². The molecule has 2 rings (SSSR count). The molecule has 0 radical (unpaired) electrons. The fourth-order valence-corrected chi connectivity index (χ4v) is 1.86. The van der Waals surface area contributed by atoms with Crippen molar-refractivity contribution in [3.8, 4) is 0 Å². The average Bonchev–Trinajstić information content (AvgIpc) is 2.81. The number of aromatic amines is 1. The molecule has 110 valence electrons. The van der Waals surface area contributed by atoms with E-state index in [1.165, 1.54) is 0 Å². The van der Waals surface area contributed by atoms with Crippen molar-refractivity contribution in [2.24, 2.45) is 11.7 Å². The number of amides is 1. The topological polar surface area (TPSA) is 83.8 Å². The van der Waals surface area contributed by atoms with Gasteiger partial charge in [0.2, 0.25) is 5.91 Å². The summed E-state index contributed by atoms with van der Waals surface area (Å²) in [4.78, 5) is 19.6. The third-order valence-electron chi connectivity index (χ3n) is 3.20. The van der Waals surface area contributed by atoms with Gasteiger partial charge in [0.05, 0.1) is 23.1 Å². The number of aromatic nitrogens is 2. The van der Waals surface area contributed by atoms with Gasteiger partial charge in [-0.05, 0) is 25.0 Å². The number of benzene rings is 1. The molecule has 1 heterocycles. The summed E-state index contributed by atoms with van der Waals surface area (Å²) in [5.41, 5.74) is 7.68. The molecular formula is C14H21ClN4O. The van der Waals surface area contributed by atoms with Crippen molar-refractivity contribution >= 4 is 29.3 Å². The lowest BCUT2D eigenvalue weighted by atomic mass is 10.0. The van der Waals surface area contributed by atoms with Crippen LogP contribution in [-0.4, -0.2) is 21.9 Å². The minimum Gasteiger partial charge on any atom is -0.345 e. The highest BCUT2D eigenvalue weighted by Gasteiger charge is 2.20. The number of imidazole rings is 1. The van der Waals surface area contributed by atoms with Gasteiger partial charge in [-0.2, -0.15) is 0 Å². The molecular weight excluding hydrogens is 276 g/mol. The van der Waals surface area contributed by atoms with E-state index in [4.69, 9.17) is 5.73 Å². The minimum atomic E-state index is -0.494. The zero-order chi connectivity index (χ0) is 14.0. The molecule has 0 aliphatic heterocycles. The Balaban J connectivity index is 0.00000200. The number of rotatable bonds is 4. The van der Waals surface area contributed by atoms with Crippen molar-refractivity contribution in [1.82, 2.24) is 15.3 Å². The summed E-state index contributed by atoms with van der Waals surface area (Å²) in [6, 6.07) is 7.09.